The molecule has 0 amide bonds. The number of esters is 1. The van der Waals surface area contributed by atoms with Gasteiger partial charge in [-0.2, -0.15) is 0 Å². The molecule has 0 saturated heterocycles. The van der Waals surface area contributed by atoms with Gasteiger partial charge in [0.15, 0.2) is 0 Å². The maximum absolute atomic E-state index is 11.9. The molecule has 0 aromatic heterocycles. The summed E-state index contributed by atoms with van der Waals surface area (Å²) in [5.41, 5.74) is 16.7. The van der Waals surface area contributed by atoms with Crippen molar-refractivity contribution >= 4 is 5.97 Å². The van der Waals surface area contributed by atoms with E-state index in [2.05, 4.69) is 45.0 Å². The lowest BCUT2D eigenvalue weighted by Gasteiger charge is -2.19. The van der Waals surface area contributed by atoms with Gasteiger partial charge < -0.3 is 10.5 Å². The second-order valence-electron chi connectivity index (χ2n) is 7.45. The standard InChI is InChI=1S/C23H29NO2/c1-5-26-22(25)13-21(24)18-11-17-7-6-8-19(17)20(12-18)23-15(3)9-14(2)10-16(23)4/h9-12,21H,5-8,13,24H2,1-4H3. The molecule has 1 unspecified atom stereocenters. The van der Waals surface area contributed by atoms with Crippen LogP contribution in [0, 0.1) is 20.8 Å². The average Bonchev–Trinajstić information content (AvgIpc) is 3.02. The molecule has 0 radical (unpaired) electrons. The molecule has 26 heavy (non-hydrogen) atoms. The van der Waals surface area contributed by atoms with E-state index in [-0.39, 0.29) is 18.4 Å². The van der Waals surface area contributed by atoms with Crippen LogP contribution in [0.2, 0.25) is 0 Å². The van der Waals surface area contributed by atoms with E-state index in [4.69, 9.17) is 10.5 Å². The first-order valence-electron chi connectivity index (χ1n) is 9.55. The highest BCUT2D eigenvalue weighted by molar-refractivity contribution is 5.77. The maximum Gasteiger partial charge on any atom is 0.307 e. The van der Waals surface area contributed by atoms with E-state index in [0.29, 0.717) is 6.61 Å². The van der Waals surface area contributed by atoms with Gasteiger partial charge in [-0.15, -0.1) is 0 Å². The lowest BCUT2D eigenvalue weighted by Crippen LogP contribution is -2.17. The normalized spacial score (nSPS) is 14.2. The van der Waals surface area contributed by atoms with Gasteiger partial charge >= 0.3 is 5.97 Å². The van der Waals surface area contributed by atoms with Crippen molar-refractivity contribution in [1.29, 1.82) is 0 Å². The lowest BCUT2D eigenvalue weighted by molar-refractivity contribution is -0.143. The summed E-state index contributed by atoms with van der Waals surface area (Å²) in [5, 5.41) is 0. The zero-order valence-electron chi connectivity index (χ0n) is 16.3. The molecular formula is C23H29NO2. The highest BCUT2D eigenvalue weighted by Crippen LogP contribution is 2.38. The third-order valence-corrected chi connectivity index (χ3v) is 5.30. The fourth-order valence-corrected chi connectivity index (χ4v) is 4.29. The van der Waals surface area contributed by atoms with Crippen LogP contribution in [-0.4, -0.2) is 12.6 Å². The summed E-state index contributed by atoms with van der Waals surface area (Å²) in [4.78, 5) is 11.9. The summed E-state index contributed by atoms with van der Waals surface area (Å²) in [5.74, 6) is -0.232. The fraction of sp³-hybridized carbons (Fsp3) is 0.435. The van der Waals surface area contributed by atoms with Crippen LogP contribution < -0.4 is 5.73 Å². The molecule has 3 heteroatoms. The van der Waals surface area contributed by atoms with Crippen molar-refractivity contribution in [3.05, 3.63) is 57.6 Å². The molecule has 0 aliphatic heterocycles. The van der Waals surface area contributed by atoms with Gasteiger partial charge in [0.2, 0.25) is 0 Å². The van der Waals surface area contributed by atoms with Crippen LogP contribution >= 0.6 is 0 Å². The number of aryl methyl sites for hydroxylation is 4. The van der Waals surface area contributed by atoms with Gasteiger partial charge in [-0.25, -0.2) is 0 Å². The quantitative estimate of drug-likeness (QED) is 0.793. The van der Waals surface area contributed by atoms with Crippen LogP contribution in [0.15, 0.2) is 24.3 Å². The Morgan fingerprint density at radius 1 is 1.12 bits per heavy atom. The Hall–Kier alpha value is -2.13. The Labute approximate surface area is 156 Å². The highest BCUT2D eigenvalue weighted by atomic mass is 16.5. The van der Waals surface area contributed by atoms with Gasteiger partial charge in [-0.1, -0.05) is 23.8 Å². The minimum atomic E-state index is -0.329. The fourth-order valence-electron chi connectivity index (χ4n) is 4.29. The van der Waals surface area contributed by atoms with Crippen molar-refractivity contribution in [2.75, 3.05) is 6.61 Å². The second kappa shape index (κ2) is 7.63. The number of ether oxygens (including phenoxy) is 1. The summed E-state index contributed by atoms with van der Waals surface area (Å²) < 4.78 is 5.07. The molecule has 1 atom stereocenters. The molecule has 138 valence electrons. The molecule has 1 aliphatic carbocycles. The molecule has 0 fully saturated rings. The van der Waals surface area contributed by atoms with E-state index in [9.17, 15) is 4.79 Å². The molecule has 0 saturated carbocycles. The summed E-state index contributed by atoms with van der Waals surface area (Å²) in [6, 6.07) is 8.57. The van der Waals surface area contributed by atoms with Crippen LogP contribution in [0.3, 0.4) is 0 Å². The molecule has 0 bridgehead atoms. The van der Waals surface area contributed by atoms with Crippen LogP contribution in [0.5, 0.6) is 0 Å². The van der Waals surface area contributed by atoms with Crippen LogP contribution in [-0.2, 0) is 22.4 Å². The number of hydrogen-bond donors (Lipinski definition) is 1. The van der Waals surface area contributed by atoms with Crippen LogP contribution in [0.4, 0.5) is 0 Å². The number of nitrogens with two attached hydrogens (primary N) is 1. The molecule has 2 aromatic carbocycles. The van der Waals surface area contributed by atoms with Gasteiger partial charge in [0.1, 0.15) is 0 Å². The largest absolute Gasteiger partial charge is 0.466 e. The van der Waals surface area contributed by atoms with Gasteiger partial charge in [0.25, 0.3) is 0 Å². The molecule has 3 nitrogen and oxygen atoms in total. The summed E-state index contributed by atoms with van der Waals surface area (Å²) >= 11 is 0. The molecule has 1 aliphatic rings. The van der Waals surface area contributed by atoms with Gasteiger partial charge in [-0.05, 0) is 92.0 Å². The third-order valence-electron chi connectivity index (χ3n) is 5.30. The number of hydrogen-bond acceptors (Lipinski definition) is 3. The average molecular weight is 351 g/mol. The van der Waals surface area contributed by atoms with E-state index in [1.54, 1.807) is 0 Å². The first-order chi connectivity index (χ1) is 12.4. The summed E-state index contributed by atoms with van der Waals surface area (Å²) in [7, 11) is 0. The van der Waals surface area contributed by atoms with E-state index >= 15 is 0 Å². The van der Waals surface area contributed by atoms with Gasteiger partial charge in [-0.3, -0.25) is 4.79 Å². The van der Waals surface area contributed by atoms with Crippen molar-refractivity contribution in [1.82, 2.24) is 0 Å². The summed E-state index contributed by atoms with van der Waals surface area (Å²) in [6.45, 7) is 8.71. The second-order valence-corrected chi connectivity index (χ2v) is 7.45. The Kier molecular flexibility index (Phi) is 5.47. The zero-order valence-corrected chi connectivity index (χ0v) is 16.3. The SMILES string of the molecule is CCOC(=O)CC(N)c1cc2c(c(-c3c(C)cc(C)cc3C)c1)CCC2. The van der Waals surface area contributed by atoms with Gasteiger partial charge in [0.05, 0.1) is 13.0 Å². The monoisotopic (exact) mass is 351 g/mol. The Morgan fingerprint density at radius 3 is 2.46 bits per heavy atom. The Morgan fingerprint density at radius 2 is 1.81 bits per heavy atom. The number of rotatable bonds is 5. The number of benzene rings is 2. The molecule has 0 spiro atoms. The third kappa shape index (κ3) is 3.68. The van der Waals surface area contributed by atoms with E-state index in [1.807, 2.05) is 6.92 Å². The van der Waals surface area contributed by atoms with Crippen molar-refractivity contribution in [2.24, 2.45) is 5.73 Å². The van der Waals surface area contributed by atoms with Gasteiger partial charge in [0, 0.05) is 6.04 Å². The Balaban J connectivity index is 2.07. The first kappa shape index (κ1) is 18.7. The van der Waals surface area contributed by atoms with E-state index in [0.717, 1.165) is 18.4 Å². The molecule has 2 N–H and O–H groups in total. The smallest absolute Gasteiger partial charge is 0.307 e. The van der Waals surface area contributed by atoms with Crippen molar-refractivity contribution < 1.29 is 9.53 Å². The van der Waals surface area contributed by atoms with E-state index in [1.165, 1.54) is 45.4 Å². The predicted octanol–water partition coefficient (Wildman–Crippen LogP) is 4.72. The van der Waals surface area contributed by atoms with Crippen molar-refractivity contribution in [3.63, 3.8) is 0 Å². The minimum Gasteiger partial charge on any atom is -0.466 e. The van der Waals surface area contributed by atoms with Crippen molar-refractivity contribution in [2.45, 2.75) is 59.4 Å². The van der Waals surface area contributed by atoms with Crippen LogP contribution in [0.1, 0.15) is 59.2 Å². The Bertz CT molecular complexity index is 815. The predicted molar refractivity (Wildman–Crippen MR) is 106 cm³/mol. The molecule has 3 rings (SSSR count). The minimum absolute atomic E-state index is 0.220. The molecular weight excluding hydrogens is 322 g/mol. The lowest BCUT2D eigenvalue weighted by atomic mass is 9.87. The highest BCUT2D eigenvalue weighted by Gasteiger charge is 2.22. The topological polar surface area (TPSA) is 52.3 Å². The number of carbonyl (C=O) groups excluding carboxylic acids is 1. The summed E-state index contributed by atoms with van der Waals surface area (Å²) in [6.07, 6.45) is 3.61. The van der Waals surface area contributed by atoms with Crippen molar-refractivity contribution in [3.8, 4) is 11.1 Å². The zero-order chi connectivity index (χ0) is 18.8. The molecule has 2 aromatic rings. The molecule has 0 heterocycles. The van der Waals surface area contributed by atoms with Crippen LogP contribution in [0.25, 0.3) is 11.1 Å². The number of fused-ring (bicyclic) bond motifs is 1. The first-order valence-corrected chi connectivity index (χ1v) is 9.55. The maximum atomic E-state index is 11.9. The van der Waals surface area contributed by atoms with E-state index < -0.39 is 0 Å². The number of carbonyl (C=O) groups is 1.